The van der Waals surface area contributed by atoms with Gasteiger partial charge in [0.25, 0.3) is 11.5 Å². The van der Waals surface area contributed by atoms with E-state index in [0.717, 1.165) is 0 Å². The van der Waals surface area contributed by atoms with Gasteiger partial charge in [0.05, 0.1) is 10.6 Å². The molecule has 0 radical (unpaired) electrons. The molecule has 2 rings (SSSR count). The third-order valence-corrected chi connectivity index (χ3v) is 3.56. The number of nitrogens with one attached hydrogen (secondary N) is 2. The number of aromatic nitrogens is 2. The molecule has 2 aromatic rings. The molecule has 0 unspecified atom stereocenters. The van der Waals surface area contributed by atoms with Crippen molar-refractivity contribution < 1.29 is 9.18 Å². The average Bonchev–Trinajstić information content (AvgIpc) is 2.42. The molecule has 2 N–H and O–H groups in total. The zero-order valence-electron chi connectivity index (χ0n) is 12.2. The van der Waals surface area contributed by atoms with Crippen molar-refractivity contribution in [2.24, 2.45) is 0 Å². The quantitative estimate of drug-likeness (QED) is 0.905. The molecule has 0 aliphatic rings. The number of carbonyl (C=O) groups excluding carboxylic acids is 1. The lowest BCUT2D eigenvalue weighted by atomic mass is 10.1. The molecule has 0 saturated carbocycles. The fraction of sp³-hybridized carbons (Fsp3) is 0.267. The summed E-state index contributed by atoms with van der Waals surface area (Å²) >= 11 is 5.97. The van der Waals surface area contributed by atoms with Gasteiger partial charge in [0.1, 0.15) is 11.6 Å². The van der Waals surface area contributed by atoms with E-state index in [2.05, 4.69) is 15.3 Å². The highest BCUT2D eigenvalue weighted by Gasteiger charge is 2.17. The number of carbonyl (C=O) groups is 1. The second-order valence-corrected chi connectivity index (χ2v) is 5.27. The maximum Gasteiger partial charge on any atom is 0.255 e. The predicted octanol–water partition coefficient (Wildman–Crippen LogP) is 2.15. The normalized spacial score (nSPS) is 10.5. The molecule has 22 heavy (non-hydrogen) atoms. The Labute approximate surface area is 131 Å². The first-order valence-corrected chi connectivity index (χ1v) is 7.06. The number of nitrogens with zero attached hydrogens (tertiary/aromatic N) is 1. The van der Waals surface area contributed by atoms with Crippen molar-refractivity contribution in [3.05, 3.63) is 62.0 Å². The lowest BCUT2D eigenvalue weighted by Crippen LogP contribution is -2.28. The minimum Gasteiger partial charge on any atom is -0.351 e. The number of halogens is 2. The first-order valence-electron chi connectivity index (χ1n) is 6.68. The van der Waals surface area contributed by atoms with Gasteiger partial charge in [0.15, 0.2) is 0 Å². The Morgan fingerprint density at radius 2 is 2.14 bits per heavy atom. The van der Waals surface area contributed by atoms with Crippen molar-refractivity contribution in [3.63, 3.8) is 0 Å². The number of rotatable bonds is 4. The van der Waals surface area contributed by atoms with Crippen LogP contribution in [0.5, 0.6) is 0 Å². The summed E-state index contributed by atoms with van der Waals surface area (Å²) in [6.07, 6.45) is 0.327. The molecule has 1 aromatic heterocycles. The van der Waals surface area contributed by atoms with Crippen LogP contribution in [-0.4, -0.2) is 22.4 Å². The molecule has 0 fully saturated rings. The largest absolute Gasteiger partial charge is 0.351 e. The molecule has 7 heteroatoms. The van der Waals surface area contributed by atoms with Gasteiger partial charge in [-0.05, 0) is 25.5 Å². The monoisotopic (exact) mass is 323 g/mol. The second kappa shape index (κ2) is 6.70. The number of aryl methyl sites for hydroxylation is 2. The zero-order chi connectivity index (χ0) is 16.3. The molecular formula is C15H15ClFN3O2. The summed E-state index contributed by atoms with van der Waals surface area (Å²) < 4.78 is 13.7. The van der Waals surface area contributed by atoms with Gasteiger partial charge in [-0.15, -0.1) is 0 Å². The van der Waals surface area contributed by atoms with Gasteiger partial charge in [-0.25, -0.2) is 9.37 Å². The second-order valence-electron chi connectivity index (χ2n) is 4.89. The molecule has 1 heterocycles. The summed E-state index contributed by atoms with van der Waals surface area (Å²) in [6, 6.07) is 4.09. The van der Waals surface area contributed by atoms with E-state index in [4.69, 9.17) is 11.6 Å². The summed E-state index contributed by atoms with van der Waals surface area (Å²) in [7, 11) is 0. The number of hydrogen-bond acceptors (Lipinski definition) is 3. The molecule has 0 spiro atoms. The molecule has 0 saturated heterocycles. The molecule has 116 valence electrons. The molecule has 1 aromatic carbocycles. The van der Waals surface area contributed by atoms with E-state index < -0.39 is 11.7 Å². The van der Waals surface area contributed by atoms with Crippen molar-refractivity contribution in [1.29, 1.82) is 0 Å². The van der Waals surface area contributed by atoms with Crippen molar-refractivity contribution in [2.45, 2.75) is 20.3 Å². The summed E-state index contributed by atoms with van der Waals surface area (Å²) in [5, 5.41) is 2.67. The molecular weight excluding hydrogens is 309 g/mol. The Morgan fingerprint density at radius 3 is 2.82 bits per heavy atom. The third kappa shape index (κ3) is 3.71. The molecule has 0 aliphatic carbocycles. The van der Waals surface area contributed by atoms with Crippen LogP contribution >= 0.6 is 11.6 Å². The van der Waals surface area contributed by atoms with Crippen molar-refractivity contribution in [2.75, 3.05) is 6.54 Å². The van der Waals surface area contributed by atoms with E-state index in [9.17, 15) is 14.0 Å². The summed E-state index contributed by atoms with van der Waals surface area (Å²) in [6.45, 7) is 3.61. The molecule has 0 atom stereocenters. The highest BCUT2D eigenvalue weighted by Crippen LogP contribution is 2.23. The standard InChI is InChI=1S/C15H15ClFN3O2/c1-8-3-4-10(17)13(14(8)16)15(22)18-6-5-11-19-9(2)7-12(21)20-11/h3-4,7H,5-6H2,1-2H3,(H,18,22)(H,19,20,21). The van der Waals surface area contributed by atoms with Gasteiger partial charge >= 0.3 is 0 Å². The maximum absolute atomic E-state index is 13.7. The van der Waals surface area contributed by atoms with Gasteiger partial charge < -0.3 is 10.3 Å². The van der Waals surface area contributed by atoms with E-state index in [1.807, 2.05) is 0 Å². The van der Waals surface area contributed by atoms with Gasteiger partial charge in [-0.3, -0.25) is 9.59 Å². The number of H-pyrrole nitrogens is 1. The highest BCUT2D eigenvalue weighted by atomic mass is 35.5. The van der Waals surface area contributed by atoms with Crippen LogP contribution in [0.15, 0.2) is 23.0 Å². The third-order valence-electron chi connectivity index (χ3n) is 3.08. The average molecular weight is 324 g/mol. The van der Waals surface area contributed by atoms with Crippen LogP contribution in [0.4, 0.5) is 4.39 Å². The van der Waals surface area contributed by atoms with Crippen molar-refractivity contribution in [1.82, 2.24) is 15.3 Å². The Morgan fingerprint density at radius 1 is 1.41 bits per heavy atom. The number of benzene rings is 1. The van der Waals surface area contributed by atoms with E-state index in [0.29, 0.717) is 23.5 Å². The van der Waals surface area contributed by atoms with Gasteiger partial charge in [-0.1, -0.05) is 17.7 Å². The van der Waals surface area contributed by atoms with Crippen LogP contribution in [0.2, 0.25) is 5.02 Å². The number of hydrogen-bond donors (Lipinski definition) is 2. The van der Waals surface area contributed by atoms with Crippen LogP contribution in [0, 0.1) is 19.7 Å². The van der Waals surface area contributed by atoms with Crippen LogP contribution in [0.3, 0.4) is 0 Å². The Bertz CT molecular complexity index is 774. The van der Waals surface area contributed by atoms with E-state index in [-0.39, 0.29) is 22.7 Å². The summed E-state index contributed by atoms with van der Waals surface area (Å²) in [5.74, 6) is -0.808. The van der Waals surface area contributed by atoms with Crippen molar-refractivity contribution >= 4 is 17.5 Å². The lowest BCUT2D eigenvalue weighted by molar-refractivity contribution is 0.0950. The first-order chi connectivity index (χ1) is 10.4. The molecule has 5 nitrogen and oxygen atoms in total. The van der Waals surface area contributed by atoms with Crippen LogP contribution < -0.4 is 10.9 Å². The van der Waals surface area contributed by atoms with Crippen LogP contribution in [0.25, 0.3) is 0 Å². The van der Waals surface area contributed by atoms with E-state index in [1.54, 1.807) is 13.8 Å². The highest BCUT2D eigenvalue weighted by molar-refractivity contribution is 6.34. The van der Waals surface area contributed by atoms with Crippen LogP contribution in [0.1, 0.15) is 27.4 Å². The topological polar surface area (TPSA) is 74.8 Å². The molecule has 1 amide bonds. The Kier molecular flexibility index (Phi) is 4.92. The van der Waals surface area contributed by atoms with Gasteiger partial charge in [0.2, 0.25) is 0 Å². The van der Waals surface area contributed by atoms with Gasteiger partial charge in [-0.2, -0.15) is 0 Å². The fourth-order valence-electron chi connectivity index (χ4n) is 2.01. The SMILES string of the molecule is Cc1cc(=O)[nH]c(CCNC(=O)c2c(F)ccc(C)c2Cl)n1. The fourth-order valence-corrected chi connectivity index (χ4v) is 2.25. The summed E-state index contributed by atoms with van der Waals surface area (Å²) in [4.78, 5) is 30.1. The predicted molar refractivity (Wildman–Crippen MR) is 81.8 cm³/mol. The van der Waals surface area contributed by atoms with Crippen molar-refractivity contribution in [3.8, 4) is 0 Å². The number of amides is 1. The van der Waals surface area contributed by atoms with E-state index >= 15 is 0 Å². The lowest BCUT2D eigenvalue weighted by Gasteiger charge is -2.09. The van der Waals surface area contributed by atoms with Gasteiger partial charge in [0, 0.05) is 24.7 Å². The zero-order valence-corrected chi connectivity index (χ0v) is 12.9. The smallest absolute Gasteiger partial charge is 0.255 e. The first kappa shape index (κ1) is 16.2. The minimum atomic E-state index is -0.671. The van der Waals surface area contributed by atoms with Crippen LogP contribution in [-0.2, 0) is 6.42 Å². The summed E-state index contributed by atoms with van der Waals surface area (Å²) in [5.41, 5.74) is 0.796. The number of aromatic amines is 1. The molecule has 0 aliphatic heterocycles. The van der Waals surface area contributed by atoms with E-state index in [1.165, 1.54) is 18.2 Å². The Balaban J connectivity index is 2.05. The Hall–Kier alpha value is -2.21. The molecule has 0 bridgehead atoms. The maximum atomic E-state index is 13.7. The minimum absolute atomic E-state index is 0.0968.